The van der Waals surface area contributed by atoms with E-state index in [1.807, 2.05) is 30.3 Å². The lowest BCUT2D eigenvalue weighted by atomic mass is 9.99. The minimum absolute atomic E-state index is 0.120. The van der Waals surface area contributed by atoms with Crippen molar-refractivity contribution in [3.8, 4) is 0 Å². The summed E-state index contributed by atoms with van der Waals surface area (Å²) in [6, 6.07) is 10.8. The number of aryl methyl sites for hydroxylation is 1. The Kier molecular flexibility index (Phi) is 4.82. The molecule has 30 heavy (non-hydrogen) atoms. The first-order valence-corrected chi connectivity index (χ1v) is 9.33. The number of nitrogens with one attached hydrogen (secondary N) is 2. The summed E-state index contributed by atoms with van der Waals surface area (Å²) in [6.45, 7) is 0.184. The number of nitrogens with zero attached hydrogens (tertiary/aromatic N) is 4. The molecule has 0 bridgehead atoms. The van der Waals surface area contributed by atoms with E-state index in [9.17, 15) is 19.2 Å². The van der Waals surface area contributed by atoms with Gasteiger partial charge in [0.2, 0.25) is 11.8 Å². The molecule has 3 aromatic rings. The van der Waals surface area contributed by atoms with Gasteiger partial charge in [-0.05, 0) is 5.56 Å². The molecule has 0 radical (unpaired) electrons. The summed E-state index contributed by atoms with van der Waals surface area (Å²) in [5.74, 6) is -1.45. The number of hydrogen-bond acceptors (Lipinski definition) is 5. The van der Waals surface area contributed by atoms with Crippen LogP contribution in [-0.4, -0.2) is 30.7 Å². The van der Waals surface area contributed by atoms with Gasteiger partial charge in [0.15, 0.2) is 5.82 Å². The summed E-state index contributed by atoms with van der Waals surface area (Å²) in [5, 5.41) is 9.31. The Morgan fingerprint density at radius 3 is 2.53 bits per heavy atom. The molecule has 0 saturated heterocycles. The van der Waals surface area contributed by atoms with Crippen molar-refractivity contribution in [1.29, 1.82) is 0 Å². The molecule has 3 heterocycles. The second kappa shape index (κ2) is 7.47. The number of hydrogen-bond donors (Lipinski definition) is 2. The first-order chi connectivity index (χ1) is 14.3. The molecule has 0 unspecified atom stereocenters. The largest absolute Gasteiger partial charge is 0.332 e. The van der Waals surface area contributed by atoms with Crippen LogP contribution in [0.15, 0.2) is 52.2 Å². The van der Waals surface area contributed by atoms with Crippen molar-refractivity contribution in [3.63, 3.8) is 0 Å². The first kappa shape index (κ1) is 19.4. The molecule has 0 saturated carbocycles. The van der Waals surface area contributed by atoms with Gasteiger partial charge in [-0.25, -0.2) is 4.79 Å². The van der Waals surface area contributed by atoms with Gasteiger partial charge in [-0.15, -0.1) is 0 Å². The molecule has 2 N–H and O–H groups in total. The monoisotopic (exact) mass is 408 g/mol. The van der Waals surface area contributed by atoms with Crippen LogP contribution >= 0.6 is 0 Å². The molecule has 10 heteroatoms. The highest BCUT2D eigenvalue weighted by molar-refractivity contribution is 6.05. The average Bonchev–Trinajstić information content (AvgIpc) is 3.27. The topological polar surface area (TPSA) is 120 Å². The van der Waals surface area contributed by atoms with E-state index in [-0.39, 0.29) is 24.3 Å². The van der Waals surface area contributed by atoms with Crippen molar-refractivity contribution >= 4 is 23.5 Å². The number of carbonyl (C=O) groups excluding carboxylic acids is 2. The SMILES string of the molecule is Cn1ccc(NC(=O)C[C@H]2C(=O)Nc3c2c(=O)n(C)c(=O)n3Cc2ccccc2)n1. The van der Waals surface area contributed by atoms with Crippen LogP contribution in [0, 0.1) is 0 Å². The molecule has 0 aliphatic carbocycles. The molecular weight excluding hydrogens is 388 g/mol. The van der Waals surface area contributed by atoms with Gasteiger partial charge in [0.05, 0.1) is 18.0 Å². The van der Waals surface area contributed by atoms with Crippen LogP contribution in [0.5, 0.6) is 0 Å². The lowest BCUT2D eigenvalue weighted by Gasteiger charge is -2.14. The lowest BCUT2D eigenvalue weighted by molar-refractivity contribution is -0.122. The quantitative estimate of drug-likeness (QED) is 0.633. The zero-order valence-corrected chi connectivity index (χ0v) is 16.5. The summed E-state index contributed by atoms with van der Waals surface area (Å²) in [5.41, 5.74) is -0.171. The number of rotatable bonds is 5. The van der Waals surface area contributed by atoms with Crippen molar-refractivity contribution < 1.29 is 9.59 Å². The fourth-order valence-corrected chi connectivity index (χ4v) is 3.54. The highest BCUT2D eigenvalue weighted by Gasteiger charge is 2.38. The van der Waals surface area contributed by atoms with E-state index in [4.69, 9.17) is 0 Å². The Bertz CT molecular complexity index is 1250. The average molecular weight is 408 g/mol. The molecule has 1 aliphatic rings. The summed E-state index contributed by atoms with van der Waals surface area (Å²) < 4.78 is 3.84. The second-order valence-electron chi connectivity index (χ2n) is 7.15. The van der Waals surface area contributed by atoms with Crippen LogP contribution in [0.25, 0.3) is 0 Å². The van der Waals surface area contributed by atoms with Gasteiger partial charge in [0, 0.05) is 32.8 Å². The lowest BCUT2D eigenvalue weighted by Crippen LogP contribution is -2.40. The predicted octanol–water partition coefficient (Wildman–Crippen LogP) is 0.393. The second-order valence-corrected chi connectivity index (χ2v) is 7.15. The third-order valence-corrected chi connectivity index (χ3v) is 5.04. The number of fused-ring (bicyclic) bond motifs is 1. The highest BCUT2D eigenvalue weighted by atomic mass is 16.2. The van der Waals surface area contributed by atoms with Gasteiger partial charge in [0.25, 0.3) is 5.56 Å². The molecule has 2 aromatic heterocycles. The normalized spacial score (nSPS) is 15.0. The minimum atomic E-state index is -0.995. The minimum Gasteiger partial charge on any atom is -0.311 e. The Hall–Kier alpha value is -3.95. The summed E-state index contributed by atoms with van der Waals surface area (Å²) in [7, 11) is 3.08. The van der Waals surface area contributed by atoms with Crippen LogP contribution in [0.2, 0.25) is 0 Å². The molecule has 4 rings (SSSR count). The molecule has 0 spiro atoms. The Balaban J connectivity index is 1.69. The van der Waals surface area contributed by atoms with E-state index < -0.39 is 29.0 Å². The van der Waals surface area contributed by atoms with Crippen molar-refractivity contribution in [1.82, 2.24) is 18.9 Å². The molecular formula is C20H20N6O4. The summed E-state index contributed by atoms with van der Waals surface area (Å²) in [4.78, 5) is 50.6. The van der Waals surface area contributed by atoms with Gasteiger partial charge in [0.1, 0.15) is 5.82 Å². The predicted molar refractivity (Wildman–Crippen MR) is 109 cm³/mol. The summed E-state index contributed by atoms with van der Waals surface area (Å²) >= 11 is 0. The van der Waals surface area contributed by atoms with E-state index in [1.54, 1.807) is 19.3 Å². The standard InChI is InChI=1S/C20H20N6O4/c1-24-9-8-14(23-24)21-15(27)10-13-16-17(22-18(13)28)26(20(30)25(2)19(16)29)11-12-6-4-3-5-7-12/h3-9,13H,10-11H2,1-2H3,(H,22,28)(H,21,23,27)/t13-/m1/s1. The van der Waals surface area contributed by atoms with Gasteiger partial charge < -0.3 is 10.6 Å². The van der Waals surface area contributed by atoms with E-state index in [0.717, 1.165) is 10.1 Å². The molecule has 10 nitrogen and oxygen atoms in total. The number of aromatic nitrogens is 4. The summed E-state index contributed by atoms with van der Waals surface area (Å²) in [6.07, 6.45) is 1.43. The van der Waals surface area contributed by atoms with Crippen molar-refractivity contribution in [2.24, 2.45) is 14.1 Å². The van der Waals surface area contributed by atoms with Crippen LogP contribution in [0.4, 0.5) is 11.6 Å². The number of anilines is 2. The van der Waals surface area contributed by atoms with Crippen LogP contribution < -0.4 is 21.9 Å². The van der Waals surface area contributed by atoms with Crippen LogP contribution in [-0.2, 0) is 30.2 Å². The van der Waals surface area contributed by atoms with Crippen molar-refractivity contribution in [3.05, 3.63) is 74.6 Å². The molecule has 154 valence electrons. The number of amides is 2. The molecule has 1 aliphatic heterocycles. The zero-order chi connectivity index (χ0) is 21.4. The maximum Gasteiger partial charge on any atom is 0.332 e. The van der Waals surface area contributed by atoms with Gasteiger partial charge >= 0.3 is 5.69 Å². The zero-order valence-electron chi connectivity index (χ0n) is 16.5. The van der Waals surface area contributed by atoms with Gasteiger partial charge in [-0.2, -0.15) is 5.10 Å². The van der Waals surface area contributed by atoms with E-state index in [1.165, 1.54) is 16.3 Å². The molecule has 2 amide bonds. The smallest absolute Gasteiger partial charge is 0.311 e. The Morgan fingerprint density at radius 2 is 1.87 bits per heavy atom. The number of benzene rings is 1. The fraction of sp³-hybridized carbons (Fsp3) is 0.250. The van der Waals surface area contributed by atoms with E-state index >= 15 is 0 Å². The Morgan fingerprint density at radius 1 is 1.13 bits per heavy atom. The highest BCUT2D eigenvalue weighted by Crippen LogP contribution is 2.31. The Labute approximate surface area is 170 Å². The molecule has 1 atom stereocenters. The van der Waals surface area contributed by atoms with Crippen LogP contribution in [0.3, 0.4) is 0 Å². The molecule has 0 fully saturated rings. The first-order valence-electron chi connectivity index (χ1n) is 9.33. The molecule has 1 aromatic carbocycles. The van der Waals surface area contributed by atoms with Crippen molar-refractivity contribution in [2.75, 3.05) is 10.6 Å². The third-order valence-electron chi connectivity index (χ3n) is 5.04. The van der Waals surface area contributed by atoms with Crippen molar-refractivity contribution in [2.45, 2.75) is 18.9 Å². The maximum atomic E-state index is 12.8. The third kappa shape index (κ3) is 3.43. The maximum absolute atomic E-state index is 12.8. The fourth-order valence-electron chi connectivity index (χ4n) is 3.54. The van der Waals surface area contributed by atoms with Gasteiger partial charge in [-0.1, -0.05) is 30.3 Å². The number of carbonyl (C=O) groups is 2. The van der Waals surface area contributed by atoms with E-state index in [2.05, 4.69) is 15.7 Å². The van der Waals surface area contributed by atoms with Crippen LogP contribution in [0.1, 0.15) is 23.5 Å². The van der Waals surface area contributed by atoms with Gasteiger partial charge in [-0.3, -0.25) is 28.2 Å². The van der Waals surface area contributed by atoms with E-state index in [0.29, 0.717) is 5.82 Å².